The van der Waals surface area contributed by atoms with Crippen molar-refractivity contribution in [2.45, 2.75) is 26.7 Å². The Morgan fingerprint density at radius 3 is 1.57 bits per heavy atom. The zero-order chi connectivity index (χ0) is 24.7. The van der Waals surface area contributed by atoms with Crippen LogP contribution in [0.3, 0.4) is 0 Å². The number of aromatic nitrogens is 4. The third-order valence-electron chi connectivity index (χ3n) is 6.39. The van der Waals surface area contributed by atoms with Gasteiger partial charge < -0.3 is 5.11 Å². The Bertz CT molecular complexity index is 1520. The molecule has 35 heavy (non-hydrogen) atoms. The standard InChI is InChI=1S/C28H26N4O3/c1-17-16-20(14-15-23(17)33)26(24-18(2)29-31(27(24)34)21-10-6-4-7-11-21)25-19(3)30-32(28(25)35)22-12-8-5-9-13-22/h4-16,26,29-30,33H,1-3H3. The Labute approximate surface area is 201 Å². The summed E-state index contributed by atoms with van der Waals surface area (Å²) in [5.74, 6) is -0.482. The van der Waals surface area contributed by atoms with Gasteiger partial charge in [0.1, 0.15) is 5.75 Å². The van der Waals surface area contributed by atoms with E-state index >= 15 is 0 Å². The Hall–Kier alpha value is -4.52. The Morgan fingerprint density at radius 2 is 1.14 bits per heavy atom. The van der Waals surface area contributed by atoms with Gasteiger partial charge in [0.2, 0.25) is 0 Å². The van der Waals surface area contributed by atoms with Crippen molar-refractivity contribution in [1.29, 1.82) is 0 Å². The SMILES string of the molecule is Cc1cc(C(c2c(C)[nH]n(-c3ccccc3)c2=O)c2c(C)[nH]n(-c3ccccc3)c2=O)ccc1O. The lowest BCUT2D eigenvalue weighted by molar-refractivity contribution is 0.471. The van der Waals surface area contributed by atoms with E-state index in [-0.39, 0.29) is 16.9 Å². The molecule has 7 nitrogen and oxygen atoms in total. The number of aryl methyl sites for hydroxylation is 3. The van der Waals surface area contributed by atoms with Gasteiger partial charge in [0.05, 0.1) is 22.5 Å². The molecule has 5 rings (SSSR count). The van der Waals surface area contributed by atoms with Crippen LogP contribution in [-0.2, 0) is 0 Å². The average molecular weight is 467 g/mol. The molecule has 0 aliphatic heterocycles. The Kier molecular flexibility index (Phi) is 5.53. The zero-order valence-corrected chi connectivity index (χ0v) is 19.7. The average Bonchev–Trinajstić information content (AvgIpc) is 3.33. The van der Waals surface area contributed by atoms with E-state index in [1.807, 2.05) is 80.6 Å². The molecule has 0 fully saturated rings. The van der Waals surface area contributed by atoms with E-state index in [0.717, 1.165) is 5.56 Å². The first-order valence-electron chi connectivity index (χ1n) is 11.4. The molecule has 0 aliphatic carbocycles. The van der Waals surface area contributed by atoms with Crippen LogP contribution in [-0.4, -0.2) is 24.7 Å². The fraction of sp³-hybridized carbons (Fsp3) is 0.143. The summed E-state index contributed by atoms with van der Waals surface area (Å²) in [5, 5.41) is 16.5. The molecule has 5 aromatic rings. The molecule has 2 heterocycles. The predicted molar refractivity (Wildman–Crippen MR) is 136 cm³/mol. The molecule has 0 atom stereocenters. The highest BCUT2D eigenvalue weighted by Gasteiger charge is 2.31. The van der Waals surface area contributed by atoms with Gasteiger partial charge in [-0.1, -0.05) is 48.5 Å². The highest BCUT2D eigenvalue weighted by atomic mass is 16.3. The highest BCUT2D eigenvalue weighted by Crippen LogP contribution is 2.34. The van der Waals surface area contributed by atoms with Crippen LogP contribution in [0.25, 0.3) is 11.4 Å². The molecule has 7 heteroatoms. The fourth-order valence-corrected chi connectivity index (χ4v) is 4.65. The number of H-pyrrole nitrogens is 2. The molecule has 3 aromatic carbocycles. The summed E-state index contributed by atoms with van der Waals surface area (Å²) in [6.07, 6.45) is 0. The van der Waals surface area contributed by atoms with Gasteiger partial charge in [-0.3, -0.25) is 19.8 Å². The van der Waals surface area contributed by atoms with Crippen LogP contribution in [0.5, 0.6) is 5.75 Å². The highest BCUT2D eigenvalue weighted by molar-refractivity contribution is 5.49. The smallest absolute Gasteiger partial charge is 0.275 e. The molecule has 176 valence electrons. The maximum absolute atomic E-state index is 13.8. The number of phenols is 1. The molecule has 0 saturated heterocycles. The first-order chi connectivity index (χ1) is 16.9. The topological polar surface area (TPSA) is 95.8 Å². The van der Waals surface area contributed by atoms with E-state index < -0.39 is 5.92 Å². The number of hydrogen-bond acceptors (Lipinski definition) is 3. The normalized spacial score (nSPS) is 11.3. The number of nitrogens with one attached hydrogen (secondary N) is 2. The van der Waals surface area contributed by atoms with Crippen LogP contribution in [0.15, 0.2) is 88.5 Å². The Morgan fingerprint density at radius 1 is 0.686 bits per heavy atom. The molecular weight excluding hydrogens is 440 g/mol. The third-order valence-corrected chi connectivity index (χ3v) is 6.39. The minimum absolute atomic E-state index is 0.160. The lowest BCUT2D eigenvalue weighted by Crippen LogP contribution is -2.25. The first-order valence-corrected chi connectivity index (χ1v) is 11.4. The van der Waals surface area contributed by atoms with E-state index in [2.05, 4.69) is 10.2 Å². The van der Waals surface area contributed by atoms with E-state index in [4.69, 9.17) is 0 Å². The minimum Gasteiger partial charge on any atom is -0.508 e. The number of para-hydroxylation sites is 2. The minimum atomic E-state index is -0.642. The summed E-state index contributed by atoms with van der Waals surface area (Å²) in [6, 6.07) is 23.9. The van der Waals surface area contributed by atoms with E-state index in [1.54, 1.807) is 19.1 Å². The number of aromatic amines is 2. The van der Waals surface area contributed by atoms with Crippen LogP contribution in [0.1, 0.15) is 39.6 Å². The van der Waals surface area contributed by atoms with Gasteiger partial charge >= 0.3 is 0 Å². The van der Waals surface area contributed by atoms with Gasteiger partial charge in [-0.2, -0.15) is 0 Å². The number of benzene rings is 3. The van der Waals surface area contributed by atoms with Crippen LogP contribution in [0, 0.1) is 20.8 Å². The number of hydrogen-bond donors (Lipinski definition) is 3. The maximum atomic E-state index is 13.8. The van der Waals surface area contributed by atoms with Crippen molar-refractivity contribution in [2.75, 3.05) is 0 Å². The molecule has 0 unspecified atom stereocenters. The van der Waals surface area contributed by atoms with Crippen molar-refractivity contribution in [3.8, 4) is 17.1 Å². The maximum Gasteiger partial charge on any atom is 0.275 e. The number of nitrogens with zero attached hydrogens (tertiary/aromatic N) is 2. The first kappa shape index (κ1) is 22.3. The number of aromatic hydroxyl groups is 1. The van der Waals surface area contributed by atoms with Crippen molar-refractivity contribution in [3.05, 3.63) is 133 Å². The largest absolute Gasteiger partial charge is 0.508 e. The molecule has 0 aliphatic rings. The van der Waals surface area contributed by atoms with Gasteiger partial charge in [-0.25, -0.2) is 9.36 Å². The summed E-state index contributed by atoms with van der Waals surface area (Å²) >= 11 is 0. The lowest BCUT2D eigenvalue weighted by Gasteiger charge is -2.17. The van der Waals surface area contributed by atoms with Crippen LogP contribution in [0.2, 0.25) is 0 Å². The summed E-state index contributed by atoms with van der Waals surface area (Å²) in [7, 11) is 0. The molecule has 0 radical (unpaired) electrons. The zero-order valence-electron chi connectivity index (χ0n) is 19.7. The van der Waals surface area contributed by atoms with E-state index in [9.17, 15) is 14.7 Å². The van der Waals surface area contributed by atoms with Gasteiger partial charge in [0.15, 0.2) is 0 Å². The summed E-state index contributed by atoms with van der Waals surface area (Å²) < 4.78 is 3.01. The molecule has 0 spiro atoms. The van der Waals surface area contributed by atoms with Crippen molar-refractivity contribution in [2.24, 2.45) is 0 Å². The van der Waals surface area contributed by atoms with Crippen molar-refractivity contribution >= 4 is 0 Å². The van der Waals surface area contributed by atoms with Gasteiger partial charge in [-0.05, 0) is 62.2 Å². The van der Waals surface area contributed by atoms with Crippen LogP contribution >= 0.6 is 0 Å². The van der Waals surface area contributed by atoms with Gasteiger partial charge in [0.25, 0.3) is 11.1 Å². The second-order valence-corrected chi connectivity index (χ2v) is 8.73. The number of rotatable bonds is 5. The second-order valence-electron chi connectivity index (χ2n) is 8.73. The molecule has 2 aromatic heterocycles. The molecule has 3 N–H and O–H groups in total. The fourth-order valence-electron chi connectivity index (χ4n) is 4.65. The van der Waals surface area contributed by atoms with Crippen LogP contribution < -0.4 is 11.1 Å². The van der Waals surface area contributed by atoms with Gasteiger partial charge in [0, 0.05) is 17.3 Å². The van der Waals surface area contributed by atoms with Crippen molar-refractivity contribution < 1.29 is 5.11 Å². The number of phenolic OH excluding ortho intramolecular Hbond substituents is 1. The van der Waals surface area contributed by atoms with E-state index in [0.29, 0.717) is 39.5 Å². The summed E-state index contributed by atoms with van der Waals surface area (Å²) in [5.41, 5.74) is 4.68. The predicted octanol–water partition coefficient (Wildman–Crippen LogP) is 4.46. The lowest BCUT2D eigenvalue weighted by atomic mass is 9.84. The van der Waals surface area contributed by atoms with Crippen molar-refractivity contribution in [1.82, 2.24) is 19.6 Å². The van der Waals surface area contributed by atoms with E-state index in [1.165, 1.54) is 9.36 Å². The van der Waals surface area contributed by atoms with Gasteiger partial charge in [-0.15, -0.1) is 0 Å². The molecular formula is C28H26N4O3. The summed E-state index contributed by atoms with van der Waals surface area (Å²) in [6.45, 7) is 5.48. The molecule has 0 bridgehead atoms. The summed E-state index contributed by atoms with van der Waals surface area (Å²) in [4.78, 5) is 27.6. The Balaban J connectivity index is 1.79. The van der Waals surface area contributed by atoms with Crippen LogP contribution in [0.4, 0.5) is 0 Å². The quantitative estimate of drug-likeness (QED) is 0.357. The van der Waals surface area contributed by atoms with Crippen molar-refractivity contribution in [3.63, 3.8) is 0 Å². The monoisotopic (exact) mass is 466 g/mol. The third kappa shape index (κ3) is 3.81. The second kappa shape index (κ2) is 8.68. The molecule has 0 amide bonds. The molecule has 0 saturated carbocycles.